The van der Waals surface area contributed by atoms with Gasteiger partial charge in [0.05, 0.1) is 12.3 Å². The molecule has 130 valence electrons. The van der Waals surface area contributed by atoms with Gasteiger partial charge in [-0.15, -0.1) is 0 Å². The fourth-order valence-corrected chi connectivity index (χ4v) is 3.72. The highest BCUT2D eigenvalue weighted by Crippen LogP contribution is 2.38. The van der Waals surface area contributed by atoms with Crippen molar-refractivity contribution >= 4 is 16.5 Å². The first kappa shape index (κ1) is 17.2. The number of thiazole rings is 1. The molecular formula is C16H16F4N2OS. The second kappa shape index (κ2) is 6.68. The van der Waals surface area contributed by atoms with Gasteiger partial charge in [-0.25, -0.2) is 9.37 Å². The molecule has 0 amide bonds. The summed E-state index contributed by atoms with van der Waals surface area (Å²) in [6.07, 6.45) is -2.93. The Hall–Kier alpha value is -1.67. The Morgan fingerprint density at radius 3 is 2.33 bits per heavy atom. The van der Waals surface area contributed by atoms with Crippen LogP contribution in [0.2, 0.25) is 0 Å². The minimum Gasteiger partial charge on any atom is -0.388 e. The van der Waals surface area contributed by atoms with Crippen molar-refractivity contribution in [2.45, 2.75) is 25.1 Å². The van der Waals surface area contributed by atoms with Gasteiger partial charge in [-0.3, -0.25) is 0 Å². The number of alkyl halides is 3. The van der Waals surface area contributed by atoms with Crippen molar-refractivity contribution in [2.24, 2.45) is 5.92 Å². The molecule has 1 unspecified atom stereocenters. The van der Waals surface area contributed by atoms with E-state index >= 15 is 0 Å². The smallest absolute Gasteiger partial charge is 0.388 e. The van der Waals surface area contributed by atoms with Gasteiger partial charge in [0, 0.05) is 13.1 Å². The van der Waals surface area contributed by atoms with Gasteiger partial charge in [0.2, 0.25) is 0 Å². The van der Waals surface area contributed by atoms with E-state index in [2.05, 4.69) is 4.98 Å². The number of anilines is 1. The number of aromatic nitrogens is 1. The molecule has 0 radical (unpaired) electrons. The van der Waals surface area contributed by atoms with Gasteiger partial charge in [0.1, 0.15) is 10.7 Å². The van der Waals surface area contributed by atoms with E-state index in [0.29, 0.717) is 48.0 Å². The predicted octanol–water partition coefficient (Wildman–Crippen LogP) is 4.25. The third-order valence-corrected chi connectivity index (χ3v) is 5.34. The van der Waals surface area contributed by atoms with Crippen LogP contribution in [0.4, 0.5) is 22.7 Å². The van der Waals surface area contributed by atoms with Crippen molar-refractivity contribution in [1.29, 1.82) is 0 Å². The Morgan fingerprint density at radius 2 is 1.79 bits per heavy atom. The Kier molecular flexibility index (Phi) is 4.78. The molecule has 1 N–H and O–H groups in total. The molecule has 2 heterocycles. The van der Waals surface area contributed by atoms with Gasteiger partial charge in [0.25, 0.3) is 0 Å². The van der Waals surface area contributed by atoms with E-state index < -0.39 is 17.2 Å². The van der Waals surface area contributed by atoms with E-state index in [1.165, 1.54) is 12.1 Å². The molecule has 0 spiro atoms. The summed E-state index contributed by atoms with van der Waals surface area (Å²) in [6, 6.07) is 5.73. The van der Waals surface area contributed by atoms with Crippen LogP contribution in [0, 0.1) is 11.7 Å². The summed E-state index contributed by atoms with van der Waals surface area (Å²) in [6.45, 7) is 1.07. The van der Waals surface area contributed by atoms with E-state index in [4.69, 9.17) is 0 Å². The van der Waals surface area contributed by atoms with Gasteiger partial charge in [-0.1, -0.05) is 23.5 Å². The maximum atomic E-state index is 12.9. The maximum absolute atomic E-state index is 12.9. The van der Waals surface area contributed by atoms with Crippen molar-refractivity contribution in [3.05, 3.63) is 46.7 Å². The average Bonchev–Trinajstić information content (AvgIpc) is 3.05. The van der Waals surface area contributed by atoms with E-state index in [0.717, 1.165) is 6.20 Å². The van der Waals surface area contributed by atoms with Crippen LogP contribution in [-0.2, 0) is 6.18 Å². The molecule has 0 bridgehead atoms. The lowest BCUT2D eigenvalue weighted by molar-refractivity contribution is -0.134. The van der Waals surface area contributed by atoms with E-state index in [1.807, 2.05) is 4.90 Å². The maximum Gasteiger partial charge on any atom is 0.427 e. The van der Waals surface area contributed by atoms with Crippen molar-refractivity contribution in [3.8, 4) is 0 Å². The number of nitrogens with zero attached hydrogens (tertiary/aromatic N) is 2. The lowest BCUT2D eigenvalue weighted by Crippen LogP contribution is -2.35. The number of halogens is 4. The van der Waals surface area contributed by atoms with Gasteiger partial charge in [-0.05, 0) is 36.5 Å². The third-order valence-electron chi connectivity index (χ3n) is 4.24. The summed E-state index contributed by atoms with van der Waals surface area (Å²) < 4.78 is 50.9. The highest BCUT2D eigenvalue weighted by molar-refractivity contribution is 7.15. The molecule has 3 rings (SSSR count). The zero-order chi connectivity index (χ0) is 17.3. The summed E-state index contributed by atoms with van der Waals surface area (Å²) in [5.74, 6) is -0.362. The lowest BCUT2D eigenvalue weighted by Gasteiger charge is -2.34. The minimum absolute atomic E-state index is 0.00578. The molecule has 1 aliphatic rings. The number of benzene rings is 1. The highest BCUT2D eigenvalue weighted by atomic mass is 32.1. The molecular weight excluding hydrogens is 344 g/mol. The topological polar surface area (TPSA) is 36.4 Å². The molecule has 1 aromatic carbocycles. The summed E-state index contributed by atoms with van der Waals surface area (Å²) in [5.41, 5.74) is 0.656. The molecule has 1 saturated heterocycles. The molecule has 8 heteroatoms. The Balaban J connectivity index is 1.61. The molecule has 0 aliphatic carbocycles. The molecule has 1 atom stereocenters. The summed E-state index contributed by atoms with van der Waals surface area (Å²) in [7, 11) is 0. The van der Waals surface area contributed by atoms with Crippen LogP contribution in [0.25, 0.3) is 0 Å². The first-order valence-electron chi connectivity index (χ1n) is 7.56. The first-order chi connectivity index (χ1) is 11.3. The molecule has 2 aromatic rings. The Labute approximate surface area is 140 Å². The fraction of sp³-hybridized carbons (Fsp3) is 0.438. The van der Waals surface area contributed by atoms with Crippen LogP contribution in [0.3, 0.4) is 0 Å². The minimum atomic E-state index is -4.37. The summed E-state index contributed by atoms with van der Waals surface area (Å²) in [5, 5.41) is 10.8. The predicted molar refractivity (Wildman–Crippen MR) is 83.4 cm³/mol. The molecule has 1 fully saturated rings. The van der Waals surface area contributed by atoms with Crippen LogP contribution >= 0.6 is 11.3 Å². The van der Waals surface area contributed by atoms with Crippen molar-refractivity contribution < 1.29 is 22.7 Å². The third kappa shape index (κ3) is 3.70. The van der Waals surface area contributed by atoms with Crippen LogP contribution < -0.4 is 4.90 Å². The average molecular weight is 360 g/mol. The zero-order valence-electron chi connectivity index (χ0n) is 12.6. The number of aliphatic hydroxyl groups excluding tert-OH is 1. The van der Waals surface area contributed by atoms with Crippen LogP contribution in [0.5, 0.6) is 0 Å². The van der Waals surface area contributed by atoms with Crippen LogP contribution in [-0.4, -0.2) is 23.2 Å². The van der Waals surface area contributed by atoms with Crippen molar-refractivity contribution in [3.63, 3.8) is 0 Å². The fourth-order valence-electron chi connectivity index (χ4n) is 2.88. The standard InChI is InChI=1S/C16H16F4N2OS/c17-12-3-1-10(2-4-12)14(23)11-5-7-22(8-6-11)15-21-9-13(24-15)16(18,19)20/h1-4,9,11,14,23H,5-8H2. The van der Waals surface area contributed by atoms with Gasteiger partial charge < -0.3 is 10.0 Å². The van der Waals surface area contributed by atoms with Gasteiger partial charge in [0.15, 0.2) is 5.13 Å². The Bertz CT molecular complexity index is 678. The molecule has 1 aliphatic heterocycles. The number of hydrogen-bond donors (Lipinski definition) is 1. The molecule has 0 saturated carbocycles. The van der Waals surface area contributed by atoms with E-state index in [1.54, 1.807) is 12.1 Å². The number of rotatable bonds is 3. The molecule has 24 heavy (non-hydrogen) atoms. The van der Waals surface area contributed by atoms with Crippen molar-refractivity contribution in [2.75, 3.05) is 18.0 Å². The Morgan fingerprint density at radius 1 is 1.17 bits per heavy atom. The second-order valence-corrected chi connectivity index (χ2v) is 6.83. The number of aliphatic hydroxyl groups is 1. The first-order valence-corrected chi connectivity index (χ1v) is 8.38. The molecule has 1 aromatic heterocycles. The highest BCUT2D eigenvalue weighted by Gasteiger charge is 2.34. The monoisotopic (exact) mass is 360 g/mol. The van der Waals surface area contributed by atoms with Crippen LogP contribution in [0.1, 0.15) is 29.4 Å². The normalized spacial score (nSPS) is 18.0. The number of piperidine rings is 1. The van der Waals surface area contributed by atoms with Crippen molar-refractivity contribution in [1.82, 2.24) is 4.98 Å². The molecule has 3 nitrogen and oxygen atoms in total. The lowest BCUT2D eigenvalue weighted by atomic mass is 9.87. The quantitative estimate of drug-likeness (QED) is 0.832. The van der Waals surface area contributed by atoms with Gasteiger partial charge in [-0.2, -0.15) is 13.2 Å². The van der Waals surface area contributed by atoms with E-state index in [-0.39, 0.29) is 11.7 Å². The second-order valence-electron chi connectivity index (χ2n) is 5.83. The zero-order valence-corrected chi connectivity index (χ0v) is 13.4. The SMILES string of the molecule is OC(c1ccc(F)cc1)C1CCN(c2ncc(C(F)(F)F)s2)CC1. The number of hydrogen-bond acceptors (Lipinski definition) is 4. The van der Waals surface area contributed by atoms with E-state index in [9.17, 15) is 22.7 Å². The van der Waals surface area contributed by atoms with Crippen LogP contribution in [0.15, 0.2) is 30.5 Å². The largest absolute Gasteiger partial charge is 0.427 e. The summed E-state index contributed by atoms with van der Waals surface area (Å²) in [4.78, 5) is 4.97. The van der Waals surface area contributed by atoms with Gasteiger partial charge >= 0.3 is 6.18 Å². The summed E-state index contributed by atoms with van der Waals surface area (Å²) >= 11 is 0.640.